The van der Waals surface area contributed by atoms with Gasteiger partial charge in [0.15, 0.2) is 5.69 Å². The quantitative estimate of drug-likeness (QED) is 0.412. The molecule has 30 heavy (non-hydrogen) atoms. The number of hydrogen-bond acceptors (Lipinski definition) is 7. The lowest BCUT2D eigenvalue weighted by molar-refractivity contribution is 0.0549. The van der Waals surface area contributed by atoms with Gasteiger partial charge >= 0.3 is 17.9 Å². The highest BCUT2D eigenvalue weighted by atomic mass is 79.9. The van der Waals surface area contributed by atoms with Crippen molar-refractivity contribution in [2.45, 2.75) is 0 Å². The van der Waals surface area contributed by atoms with Gasteiger partial charge in [-0.15, -0.1) is 0 Å². The van der Waals surface area contributed by atoms with Gasteiger partial charge in [-0.1, -0.05) is 40.2 Å². The zero-order valence-corrected chi connectivity index (χ0v) is 17.9. The largest absolute Gasteiger partial charge is 0.465 e. The molecule has 2 aromatic carbocycles. The third-order valence-corrected chi connectivity index (χ3v) is 4.97. The fraction of sp³-hybridized carbons (Fsp3) is 0.143. The van der Waals surface area contributed by atoms with E-state index in [-0.39, 0.29) is 28.1 Å². The van der Waals surface area contributed by atoms with Crippen molar-refractivity contribution in [1.29, 1.82) is 0 Å². The molecule has 0 saturated carbocycles. The first kappa shape index (κ1) is 21.3. The molecule has 154 valence electrons. The summed E-state index contributed by atoms with van der Waals surface area (Å²) in [5, 5.41) is 4.50. The minimum absolute atomic E-state index is 0.0685. The lowest BCUT2D eigenvalue weighted by atomic mass is 10.00. The molecule has 8 nitrogen and oxygen atoms in total. The van der Waals surface area contributed by atoms with E-state index >= 15 is 0 Å². The third-order valence-electron chi connectivity index (χ3n) is 4.31. The van der Waals surface area contributed by atoms with E-state index in [1.807, 2.05) is 0 Å². The van der Waals surface area contributed by atoms with Crippen LogP contribution in [0.15, 0.2) is 53.0 Å². The summed E-state index contributed by atoms with van der Waals surface area (Å²) in [5.74, 6) is -2.22. The Morgan fingerprint density at radius 1 is 0.833 bits per heavy atom. The summed E-state index contributed by atoms with van der Waals surface area (Å²) in [6, 6.07) is 13.6. The zero-order valence-electron chi connectivity index (χ0n) is 16.3. The average molecular weight is 473 g/mol. The van der Waals surface area contributed by atoms with Gasteiger partial charge in [-0.3, -0.25) is 0 Å². The molecule has 0 bridgehead atoms. The molecule has 0 atom stereocenters. The van der Waals surface area contributed by atoms with Crippen LogP contribution >= 0.6 is 15.9 Å². The molecule has 3 aromatic rings. The summed E-state index contributed by atoms with van der Waals surface area (Å²) < 4.78 is 16.4. The smallest absolute Gasteiger partial charge is 0.357 e. The second-order valence-corrected chi connectivity index (χ2v) is 6.81. The summed E-state index contributed by atoms with van der Waals surface area (Å²) in [6.07, 6.45) is 0. The van der Waals surface area contributed by atoms with Crippen molar-refractivity contribution in [3.05, 3.63) is 69.8 Å². The zero-order chi connectivity index (χ0) is 21.8. The van der Waals surface area contributed by atoms with E-state index in [0.29, 0.717) is 10.2 Å². The maximum Gasteiger partial charge on any atom is 0.357 e. The van der Waals surface area contributed by atoms with E-state index in [4.69, 9.17) is 14.2 Å². The van der Waals surface area contributed by atoms with Crippen LogP contribution in [-0.2, 0) is 14.2 Å². The molecular weight excluding hydrogens is 456 g/mol. The van der Waals surface area contributed by atoms with E-state index in [0.717, 1.165) is 0 Å². The van der Waals surface area contributed by atoms with Crippen LogP contribution in [0.4, 0.5) is 0 Å². The Kier molecular flexibility index (Phi) is 6.31. The first-order valence-corrected chi connectivity index (χ1v) is 9.46. The predicted molar refractivity (Wildman–Crippen MR) is 111 cm³/mol. The fourth-order valence-electron chi connectivity index (χ4n) is 2.97. The van der Waals surface area contributed by atoms with E-state index < -0.39 is 17.9 Å². The van der Waals surface area contributed by atoms with Crippen molar-refractivity contribution in [2.75, 3.05) is 21.3 Å². The molecule has 3 rings (SSSR count). The third kappa shape index (κ3) is 3.71. The van der Waals surface area contributed by atoms with Crippen molar-refractivity contribution < 1.29 is 28.6 Å². The Bertz CT molecular complexity index is 1120. The lowest BCUT2D eigenvalue weighted by Gasteiger charge is -2.09. The molecule has 0 aliphatic heterocycles. The molecule has 0 aliphatic rings. The highest BCUT2D eigenvalue weighted by molar-refractivity contribution is 9.10. The van der Waals surface area contributed by atoms with Crippen LogP contribution in [0.5, 0.6) is 0 Å². The number of hydrogen-bond donors (Lipinski definition) is 0. The number of carbonyl (C=O) groups is 3. The molecule has 0 amide bonds. The highest BCUT2D eigenvalue weighted by Crippen LogP contribution is 2.36. The SMILES string of the molecule is COC(=O)c1cccc(Br)c1-c1nn(-c2ccccc2)c(C(=O)OC)c1C(=O)OC. The van der Waals surface area contributed by atoms with Crippen LogP contribution in [0, 0.1) is 0 Å². The number of aromatic nitrogens is 2. The number of carbonyl (C=O) groups excluding carboxylic acids is 3. The molecule has 0 N–H and O–H groups in total. The van der Waals surface area contributed by atoms with E-state index in [9.17, 15) is 14.4 Å². The number of halogens is 1. The number of esters is 3. The van der Waals surface area contributed by atoms with Crippen LogP contribution in [0.1, 0.15) is 31.2 Å². The topological polar surface area (TPSA) is 96.7 Å². The summed E-state index contributed by atoms with van der Waals surface area (Å²) in [7, 11) is 3.63. The van der Waals surface area contributed by atoms with Crippen molar-refractivity contribution in [3.8, 4) is 16.9 Å². The monoisotopic (exact) mass is 472 g/mol. The molecule has 9 heteroatoms. The molecule has 0 radical (unpaired) electrons. The predicted octanol–water partition coefficient (Wildman–Crippen LogP) is 3.66. The van der Waals surface area contributed by atoms with Gasteiger partial charge in [0, 0.05) is 10.0 Å². The van der Waals surface area contributed by atoms with Crippen molar-refractivity contribution in [1.82, 2.24) is 9.78 Å². The summed E-state index contributed by atoms with van der Waals surface area (Å²) in [6.45, 7) is 0. The second-order valence-electron chi connectivity index (χ2n) is 5.96. The Balaban J connectivity index is 2.45. The van der Waals surface area contributed by atoms with Gasteiger partial charge in [-0.25, -0.2) is 19.1 Å². The molecule has 0 fully saturated rings. The van der Waals surface area contributed by atoms with Crippen LogP contribution in [-0.4, -0.2) is 49.0 Å². The number of methoxy groups -OCH3 is 3. The van der Waals surface area contributed by atoms with Crippen LogP contribution < -0.4 is 0 Å². The minimum Gasteiger partial charge on any atom is -0.465 e. The second kappa shape index (κ2) is 8.91. The van der Waals surface area contributed by atoms with Crippen molar-refractivity contribution in [3.63, 3.8) is 0 Å². The van der Waals surface area contributed by atoms with Crippen LogP contribution in [0.2, 0.25) is 0 Å². The number of ether oxygens (including phenoxy) is 3. The first-order chi connectivity index (χ1) is 14.4. The van der Waals surface area contributed by atoms with Crippen LogP contribution in [0.25, 0.3) is 16.9 Å². The lowest BCUT2D eigenvalue weighted by Crippen LogP contribution is -2.15. The molecule has 0 spiro atoms. The molecule has 0 aliphatic carbocycles. The van der Waals surface area contributed by atoms with Crippen molar-refractivity contribution in [2.24, 2.45) is 0 Å². The molecule has 0 unspecified atom stereocenters. The molecule has 0 saturated heterocycles. The van der Waals surface area contributed by atoms with Gasteiger partial charge in [0.05, 0.1) is 32.6 Å². The van der Waals surface area contributed by atoms with Gasteiger partial charge in [0.2, 0.25) is 0 Å². The van der Waals surface area contributed by atoms with Gasteiger partial charge in [-0.05, 0) is 24.3 Å². The standard InChI is InChI=1S/C21H17BrN2O6/c1-28-19(25)13-10-7-11-14(22)15(13)17-16(20(26)29-2)18(21(27)30-3)24(23-17)12-8-5-4-6-9-12/h4-11H,1-3H3. The van der Waals surface area contributed by atoms with E-state index in [1.165, 1.54) is 32.1 Å². The van der Waals surface area contributed by atoms with E-state index in [2.05, 4.69) is 21.0 Å². The van der Waals surface area contributed by atoms with Crippen LogP contribution in [0.3, 0.4) is 0 Å². The Hall–Kier alpha value is -3.46. The maximum atomic E-state index is 12.7. The number of rotatable bonds is 5. The van der Waals surface area contributed by atoms with Gasteiger partial charge in [0.1, 0.15) is 11.3 Å². The van der Waals surface area contributed by atoms with E-state index in [1.54, 1.807) is 42.5 Å². The normalized spacial score (nSPS) is 10.4. The van der Waals surface area contributed by atoms with Gasteiger partial charge in [0.25, 0.3) is 0 Å². The van der Waals surface area contributed by atoms with Gasteiger partial charge in [-0.2, -0.15) is 5.10 Å². The molecule has 1 heterocycles. The number of benzene rings is 2. The summed E-state index contributed by atoms with van der Waals surface area (Å²) in [4.78, 5) is 37.8. The summed E-state index contributed by atoms with van der Waals surface area (Å²) in [5.41, 5.74) is 0.762. The molecule has 1 aromatic heterocycles. The number of para-hydroxylation sites is 1. The number of nitrogens with zero attached hydrogens (tertiary/aromatic N) is 2. The summed E-state index contributed by atoms with van der Waals surface area (Å²) >= 11 is 3.41. The van der Waals surface area contributed by atoms with Gasteiger partial charge < -0.3 is 14.2 Å². The minimum atomic E-state index is -0.806. The first-order valence-electron chi connectivity index (χ1n) is 8.66. The Morgan fingerprint density at radius 2 is 1.47 bits per heavy atom. The molecular formula is C21H17BrN2O6. The van der Waals surface area contributed by atoms with Crippen molar-refractivity contribution >= 4 is 33.8 Å². The maximum absolute atomic E-state index is 12.7. The fourth-order valence-corrected chi connectivity index (χ4v) is 3.53. The highest BCUT2D eigenvalue weighted by Gasteiger charge is 2.33. The Morgan fingerprint density at radius 3 is 2.07 bits per heavy atom. The average Bonchev–Trinajstić information content (AvgIpc) is 3.18. The Labute approximate surface area is 180 Å².